The SMILES string of the molecule is CSC(CO)C(C)Nc1c(N)c(C(C)C)nn1C. The summed E-state index contributed by atoms with van der Waals surface area (Å²) in [5.74, 6) is 1.13. The molecule has 1 aromatic heterocycles. The molecule has 1 rings (SSSR count). The fourth-order valence-corrected chi connectivity index (χ4v) is 2.53. The number of rotatable bonds is 6. The summed E-state index contributed by atoms with van der Waals surface area (Å²) in [6.07, 6.45) is 1.99. The van der Waals surface area contributed by atoms with Crippen LogP contribution < -0.4 is 11.1 Å². The first-order valence-electron chi connectivity index (χ1n) is 6.14. The van der Waals surface area contributed by atoms with E-state index < -0.39 is 0 Å². The maximum atomic E-state index is 9.29. The van der Waals surface area contributed by atoms with Crippen molar-refractivity contribution in [1.82, 2.24) is 9.78 Å². The molecule has 0 aliphatic carbocycles. The van der Waals surface area contributed by atoms with Gasteiger partial charge in [-0.3, -0.25) is 4.68 Å². The first-order chi connectivity index (χ1) is 8.42. The topological polar surface area (TPSA) is 76.1 Å². The highest BCUT2D eigenvalue weighted by Gasteiger charge is 2.20. The Kier molecular flexibility index (Phi) is 5.34. The Labute approximate surface area is 113 Å². The van der Waals surface area contributed by atoms with Crippen molar-refractivity contribution >= 4 is 23.3 Å². The van der Waals surface area contributed by atoms with Gasteiger partial charge in [-0.25, -0.2) is 0 Å². The Bertz CT molecular complexity index is 388. The van der Waals surface area contributed by atoms with Gasteiger partial charge in [0.1, 0.15) is 5.82 Å². The van der Waals surface area contributed by atoms with Crippen molar-refractivity contribution in [1.29, 1.82) is 0 Å². The van der Waals surface area contributed by atoms with E-state index in [4.69, 9.17) is 5.73 Å². The molecule has 2 unspecified atom stereocenters. The van der Waals surface area contributed by atoms with Crippen molar-refractivity contribution in [2.24, 2.45) is 7.05 Å². The Balaban J connectivity index is 2.91. The van der Waals surface area contributed by atoms with Crippen LogP contribution in [-0.4, -0.2) is 39.0 Å². The summed E-state index contributed by atoms with van der Waals surface area (Å²) in [5.41, 5.74) is 7.74. The van der Waals surface area contributed by atoms with Crippen molar-refractivity contribution in [2.45, 2.75) is 38.0 Å². The van der Waals surface area contributed by atoms with E-state index in [0.29, 0.717) is 11.6 Å². The molecule has 5 nitrogen and oxygen atoms in total. The molecule has 1 aromatic rings. The number of aliphatic hydroxyl groups is 1. The molecule has 1 heterocycles. The molecule has 4 N–H and O–H groups in total. The van der Waals surface area contributed by atoms with Crippen LogP contribution in [0.4, 0.5) is 11.5 Å². The van der Waals surface area contributed by atoms with Gasteiger partial charge in [-0.15, -0.1) is 0 Å². The summed E-state index contributed by atoms with van der Waals surface area (Å²) >= 11 is 1.64. The zero-order valence-corrected chi connectivity index (χ0v) is 12.6. The van der Waals surface area contributed by atoms with Crippen LogP contribution in [0, 0.1) is 0 Å². The van der Waals surface area contributed by atoms with Crippen molar-refractivity contribution in [2.75, 3.05) is 23.9 Å². The summed E-state index contributed by atoms with van der Waals surface area (Å²) < 4.78 is 1.77. The van der Waals surface area contributed by atoms with E-state index in [1.165, 1.54) is 0 Å². The highest BCUT2D eigenvalue weighted by Crippen LogP contribution is 2.29. The van der Waals surface area contributed by atoms with Crippen molar-refractivity contribution in [3.63, 3.8) is 0 Å². The molecule has 0 saturated heterocycles. The minimum Gasteiger partial charge on any atom is -0.395 e. The Morgan fingerprint density at radius 3 is 2.44 bits per heavy atom. The molecule has 0 saturated carbocycles. The third kappa shape index (κ3) is 3.11. The number of thioether (sulfide) groups is 1. The van der Waals surface area contributed by atoms with E-state index in [2.05, 4.69) is 24.3 Å². The summed E-state index contributed by atoms with van der Waals surface area (Å²) in [6.45, 7) is 6.33. The Morgan fingerprint density at radius 1 is 1.44 bits per heavy atom. The van der Waals surface area contributed by atoms with Gasteiger partial charge in [0.25, 0.3) is 0 Å². The Morgan fingerprint density at radius 2 is 2.06 bits per heavy atom. The van der Waals surface area contributed by atoms with Gasteiger partial charge in [-0.05, 0) is 19.1 Å². The molecule has 0 spiro atoms. The van der Waals surface area contributed by atoms with Crippen LogP contribution in [0.25, 0.3) is 0 Å². The van der Waals surface area contributed by atoms with E-state index in [1.54, 1.807) is 16.4 Å². The number of nitrogen functional groups attached to an aromatic ring is 1. The standard InChI is InChI=1S/C12H24N4OS/c1-7(2)11-10(13)12(16(4)15-11)14-8(3)9(6-17)18-5/h7-9,14,17H,6,13H2,1-5H3. The van der Waals surface area contributed by atoms with Gasteiger partial charge in [0.2, 0.25) is 0 Å². The number of nitrogens with zero attached hydrogens (tertiary/aromatic N) is 2. The predicted octanol–water partition coefficient (Wildman–Crippen LogP) is 1.65. The zero-order chi connectivity index (χ0) is 13.9. The van der Waals surface area contributed by atoms with Crippen LogP contribution in [0.15, 0.2) is 0 Å². The second-order valence-electron chi connectivity index (χ2n) is 4.82. The van der Waals surface area contributed by atoms with Crippen molar-refractivity contribution < 1.29 is 5.11 Å². The van der Waals surface area contributed by atoms with Gasteiger partial charge >= 0.3 is 0 Å². The maximum Gasteiger partial charge on any atom is 0.148 e. The molecule has 0 bridgehead atoms. The molecule has 0 amide bonds. The second kappa shape index (κ2) is 6.33. The summed E-state index contributed by atoms with van der Waals surface area (Å²) in [5, 5.41) is 17.2. The van der Waals surface area contributed by atoms with Gasteiger partial charge < -0.3 is 16.2 Å². The quantitative estimate of drug-likeness (QED) is 0.734. The highest BCUT2D eigenvalue weighted by molar-refractivity contribution is 7.99. The molecule has 6 heteroatoms. The van der Waals surface area contributed by atoms with Crippen LogP contribution in [0.2, 0.25) is 0 Å². The number of nitrogens with one attached hydrogen (secondary N) is 1. The van der Waals surface area contributed by atoms with E-state index in [0.717, 1.165) is 11.5 Å². The van der Waals surface area contributed by atoms with Gasteiger partial charge in [0.15, 0.2) is 0 Å². The van der Waals surface area contributed by atoms with Gasteiger partial charge in [0, 0.05) is 18.3 Å². The number of aryl methyl sites for hydroxylation is 1. The molecule has 0 aliphatic heterocycles. The zero-order valence-electron chi connectivity index (χ0n) is 11.8. The smallest absolute Gasteiger partial charge is 0.148 e. The average molecular weight is 272 g/mol. The second-order valence-corrected chi connectivity index (χ2v) is 5.89. The highest BCUT2D eigenvalue weighted by atomic mass is 32.2. The lowest BCUT2D eigenvalue weighted by atomic mass is 10.1. The molecule has 18 heavy (non-hydrogen) atoms. The van der Waals surface area contributed by atoms with E-state index in [9.17, 15) is 5.11 Å². The molecule has 2 atom stereocenters. The summed E-state index contributed by atoms with van der Waals surface area (Å²) in [6, 6.07) is 0.128. The lowest BCUT2D eigenvalue weighted by Gasteiger charge is -2.22. The lowest BCUT2D eigenvalue weighted by Crippen LogP contribution is -2.32. The fourth-order valence-electron chi connectivity index (χ4n) is 1.90. The number of aromatic nitrogens is 2. The largest absolute Gasteiger partial charge is 0.395 e. The van der Waals surface area contributed by atoms with Gasteiger partial charge in [0.05, 0.1) is 18.0 Å². The third-order valence-electron chi connectivity index (χ3n) is 3.06. The van der Waals surface area contributed by atoms with Crippen LogP contribution in [0.5, 0.6) is 0 Å². The van der Waals surface area contributed by atoms with E-state index >= 15 is 0 Å². The molecule has 104 valence electrons. The first kappa shape index (κ1) is 15.2. The average Bonchev–Trinajstić information content (AvgIpc) is 2.58. The fraction of sp³-hybridized carbons (Fsp3) is 0.750. The third-order valence-corrected chi connectivity index (χ3v) is 4.23. The Hall–Kier alpha value is -0.880. The van der Waals surface area contributed by atoms with Crippen LogP contribution in [0.3, 0.4) is 0 Å². The number of hydrogen-bond donors (Lipinski definition) is 3. The number of hydrogen-bond acceptors (Lipinski definition) is 5. The van der Waals surface area contributed by atoms with Gasteiger partial charge in [-0.2, -0.15) is 16.9 Å². The normalized spacial score (nSPS) is 14.8. The first-order valence-corrected chi connectivity index (χ1v) is 7.43. The van der Waals surface area contributed by atoms with Crippen LogP contribution in [-0.2, 0) is 7.05 Å². The van der Waals surface area contributed by atoms with Crippen molar-refractivity contribution in [3.8, 4) is 0 Å². The van der Waals surface area contributed by atoms with Crippen LogP contribution >= 0.6 is 11.8 Å². The van der Waals surface area contributed by atoms with E-state index in [1.807, 2.05) is 20.2 Å². The molecule has 0 radical (unpaired) electrons. The molecule has 0 fully saturated rings. The van der Waals surface area contributed by atoms with E-state index in [-0.39, 0.29) is 17.9 Å². The summed E-state index contributed by atoms with van der Waals surface area (Å²) in [7, 11) is 1.88. The minimum atomic E-state index is 0.128. The predicted molar refractivity (Wildman–Crippen MR) is 79.2 cm³/mol. The van der Waals surface area contributed by atoms with Crippen molar-refractivity contribution in [3.05, 3.63) is 5.69 Å². The van der Waals surface area contributed by atoms with Gasteiger partial charge in [-0.1, -0.05) is 13.8 Å². The maximum absolute atomic E-state index is 9.29. The molecule has 0 aliphatic rings. The molecular formula is C12H24N4OS. The lowest BCUT2D eigenvalue weighted by molar-refractivity contribution is 0.288. The molecule has 0 aromatic carbocycles. The number of nitrogens with two attached hydrogens (primary N) is 1. The monoisotopic (exact) mass is 272 g/mol. The number of aliphatic hydroxyl groups excluding tert-OH is 1. The minimum absolute atomic E-state index is 0.128. The summed E-state index contributed by atoms with van der Waals surface area (Å²) in [4.78, 5) is 0. The molecular weight excluding hydrogens is 248 g/mol. The number of anilines is 2. The van der Waals surface area contributed by atoms with Crippen LogP contribution in [0.1, 0.15) is 32.4 Å².